The van der Waals surface area contributed by atoms with Gasteiger partial charge in [-0.2, -0.15) is 10.2 Å². The Morgan fingerprint density at radius 3 is 2.43 bits per heavy atom. The lowest BCUT2D eigenvalue weighted by atomic mass is 9.90. The van der Waals surface area contributed by atoms with Gasteiger partial charge in [-0.15, -0.1) is 5.10 Å². The summed E-state index contributed by atoms with van der Waals surface area (Å²) in [7, 11) is 0. The lowest BCUT2D eigenvalue weighted by molar-refractivity contribution is 0.827. The zero-order valence-electron chi connectivity index (χ0n) is 12.1. The molecule has 110 valence electrons. The fourth-order valence-corrected chi connectivity index (χ4v) is 3.19. The average Bonchev–Trinajstić information content (AvgIpc) is 3.10. The predicted molar refractivity (Wildman–Crippen MR) is 86.9 cm³/mol. The smallest absolute Gasteiger partial charge is 0.129 e. The van der Waals surface area contributed by atoms with E-state index >= 15 is 0 Å². The van der Waals surface area contributed by atoms with Gasteiger partial charge in [-0.25, -0.2) is 0 Å². The fraction of sp³-hybridized carbons (Fsp3) is 0.0588. The molecule has 6 nitrogen and oxygen atoms in total. The SMILES string of the molecule is c1ccc2c(c1)C1=C(NCN=N1)c1ccccc1-c1[nH]nnc1-2. The summed E-state index contributed by atoms with van der Waals surface area (Å²) >= 11 is 0. The van der Waals surface area contributed by atoms with Crippen molar-refractivity contribution in [1.82, 2.24) is 20.7 Å². The van der Waals surface area contributed by atoms with Crippen LogP contribution in [0.3, 0.4) is 0 Å². The van der Waals surface area contributed by atoms with E-state index in [0.717, 1.165) is 45.0 Å². The standard InChI is InChI=1S/C17H12N6/c1-2-6-11-10(5-1)14-15(20-19-9-18-14)12-7-3-4-8-13(12)17-16(11)21-23-22-17/h1-8,18H,9H2,(H,21,22,23). The van der Waals surface area contributed by atoms with E-state index in [1.54, 1.807) is 0 Å². The van der Waals surface area contributed by atoms with Crippen LogP contribution in [0.15, 0.2) is 58.8 Å². The van der Waals surface area contributed by atoms with Crippen molar-refractivity contribution in [1.29, 1.82) is 0 Å². The molecule has 1 aliphatic carbocycles. The van der Waals surface area contributed by atoms with Crippen molar-refractivity contribution in [3.8, 4) is 22.5 Å². The molecule has 1 aliphatic heterocycles. The second-order valence-electron chi connectivity index (χ2n) is 5.43. The molecule has 0 saturated heterocycles. The third-order valence-corrected chi connectivity index (χ3v) is 4.19. The van der Waals surface area contributed by atoms with Crippen molar-refractivity contribution >= 4 is 11.4 Å². The Balaban J connectivity index is 1.97. The molecule has 0 amide bonds. The van der Waals surface area contributed by atoms with Crippen molar-refractivity contribution in [2.75, 3.05) is 6.67 Å². The molecule has 1 aromatic heterocycles. The van der Waals surface area contributed by atoms with Gasteiger partial charge < -0.3 is 5.32 Å². The van der Waals surface area contributed by atoms with E-state index in [4.69, 9.17) is 0 Å². The molecule has 0 saturated carbocycles. The van der Waals surface area contributed by atoms with E-state index in [2.05, 4.69) is 43.1 Å². The molecule has 2 heterocycles. The van der Waals surface area contributed by atoms with Crippen LogP contribution in [0, 0.1) is 0 Å². The second-order valence-corrected chi connectivity index (χ2v) is 5.43. The molecule has 6 heteroatoms. The molecule has 0 unspecified atom stereocenters. The monoisotopic (exact) mass is 300 g/mol. The first kappa shape index (κ1) is 12.3. The summed E-state index contributed by atoms with van der Waals surface area (Å²) in [6.45, 7) is 0.476. The molecule has 2 aliphatic rings. The summed E-state index contributed by atoms with van der Waals surface area (Å²) in [5, 5.41) is 23.4. The van der Waals surface area contributed by atoms with E-state index < -0.39 is 0 Å². The Labute approximate surface area is 132 Å². The highest BCUT2D eigenvalue weighted by atomic mass is 15.3. The summed E-state index contributed by atoms with van der Waals surface area (Å²) in [6.07, 6.45) is 0. The largest absolute Gasteiger partial charge is 0.362 e. The van der Waals surface area contributed by atoms with Crippen LogP contribution in [0.4, 0.5) is 0 Å². The number of hydrogen-bond donors (Lipinski definition) is 2. The van der Waals surface area contributed by atoms with Gasteiger partial charge in [0.05, 0.1) is 11.4 Å². The van der Waals surface area contributed by atoms with Gasteiger partial charge in [0.2, 0.25) is 0 Å². The normalized spacial score (nSPS) is 14.8. The number of azo groups is 1. The third-order valence-electron chi connectivity index (χ3n) is 4.19. The zero-order chi connectivity index (χ0) is 15.2. The quantitative estimate of drug-likeness (QED) is 0.668. The number of nitrogens with one attached hydrogen (secondary N) is 2. The molecule has 0 atom stereocenters. The first-order valence-electron chi connectivity index (χ1n) is 7.40. The van der Waals surface area contributed by atoms with E-state index in [-0.39, 0.29) is 0 Å². The van der Waals surface area contributed by atoms with Gasteiger partial charge >= 0.3 is 0 Å². The molecule has 0 bridgehead atoms. The number of hydrogen-bond acceptors (Lipinski definition) is 5. The number of aromatic nitrogens is 3. The number of fused-ring (bicyclic) bond motifs is 7. The number of benzene rings is 2. The summed E-state index contributed by atoms with van der Waals surface area (Å²) in [5.41, 5.74) is 7.71. The van der Waals surface area contributed by atoms with Gasteiger partial charge in [-0.1, -0.05) is 53.7 Å². The maximum atomic E-state index is 4.43. The Hall–Kier alpha value is -3.28. The average molecular weight is 300 g/mol. The lowest BCUT2D eigenvalue weighted by Crippen LogP contribution is -2.18. The summed E-state index contributed by atoms with van der Waals surface area (Å²) in [6, 6.07) is 16.3. The predicted octanol–water partition coefficient (Wildman–Crippen LogP) is 3.29. The fourth-order valence-electron chi connectivity index (χ4n) is 3.19. The van der Waals surface area contributed by atoms with Crippen LogP contribution in [0.5, 0.6) is 0 Å². The van der Waals surface area contributed by atoms with Crippen LogP contribution in [-0.4, -0.2) is 22.1 Å². The summed E-state index contributed by atoms with van der Waals surface area (Å²) < 4.78 is 0. The highest BCUT2D eigenvalue weighted by molar-refractivity contribution is 6.01. The van der Waals surface area contributed by atoms with Crippen molar-refractivity contribution in [3.63, 3.8) is 0 Å². The Kier molecular flexibility index (Phi) is 2.46. The van der Waals surface area contributed by atoms with Crippen molar-refractivity contribution in [2.45, 2.75) is 0 Å². The number of nitrogens with zero attached hydrogens (tertiary/aromatic N) is 4. The topological polar surface area (TPSA) is 78.3 Å². The van der Waals surface area contributed by atoms with Crippen LogP contribution < -0.4 is 5.32 Å². The van der Waals surface area contributed by atoms with Crippen LogP contribution in [-0.2, 0) is 0 Å². The minimum absolute atomic E-state index is 0.476. The summed E-state index contributed by atoms with van der Waals surface area (Å²) in [4.78, 5) is 0. The number of aromatic amines is 1. The molecular weight excluding hydrogens is 288 g/mol. The Morgan fingerprint density at radius 2 is 1.57 bits per heavy atom. The van der Waals surface area contributed by atoms with Gasteiger partial charge in [0.25, 0.3) is 0 Å². The minimum atomic E-state index is 0.476. The van der Waals surface area contributed by atoms with Crippen molar-refractivity contribution in [3.05, 3.63) is 59.7 Å². The zero-order valence-corrected chi connectivity index (χ0v) is 12.1. The second kappa shape index (κ2) is 4.61. The van der Waals surface area contributed by atoms with Crippen molar-refractivity contribution in [2.24, 2.45) is 10.2 Å². The van der Waals surface area contributed by atoms with Crippen LogP contribution in [0.25, 0.3) is 33.9 Å². The van der Waals surface area contributed by atoms with Gasteiger partial charge in [0.1, 0.15) is 18.1 Å². The molecule has 3 aromatic rings. The van der Waals surface area contributed by atoms with Crippen LogP contribution >= 0.6 is 0 Å². The van der Waals surface area contributed by atoms with Crippen LogP contribution in [0.1, 0.15) is 11.1 Å². The minimum Gasteiger partial charge on any atom is -0.362 e. The van der Waals surface area contributed by atoms with Crippen molar-refractivity contribution < 1.29 is 0 Å². The van der Waals surface area contributed by atoms with E-state index in [9.17, 15) is 0 Å². The Morgan fingerprint density at radius 1 is 0.826 bits per heavy atom. The highest BCUT2D eigenvalue weighted by Gasteiger charge is 2.26. The number of H-pyrrole nitrogens is 1. The molecule has 0 radical (unpaired) electrons. The van der Waals surface area contributed by atoms with Gasteiger partial charge in [-0.3, -0.25) is 5.10 Å². The molecule has 5 rings (SSSR count). The van der Waals surface area contributed by atoms with E-state index in [1.165, 1.54) is 0 Å². The summed E-state index contributed by atoms with van der Waals surface area (Å²) in [5.74, 6) is 0. The molecule has 0 fully saturated rings. The van der Waals surface area contributed by atoms with Gasteiger partial charge in [0, 0.05) is 22.3 Å². The maximum absolute atomic E-state index is 4.43. The molecule has 2 N–H and O–H groups in total. The van der Waals surface area contributed by atoms with Gasteiger partial charge in [-0.05, 0) is 0 Å². The van der Waals surface area contributed by atoms with Gasteiger partial charge in [0.15, 0.2) is 0 Å². The van der Waals surface area contributed by atoms with E-state index in [0.29, 0.717) is 6.67 Å². The molecule has 0 spiro atoms. The lowest BCUT2D eigenvalue weighted by Gasteiger charge is -2.22. The van der Waals surface area contributed by atoms with E-state index in [1.807, 2.05) is 36.4 Å². The first-order valence-corrected chi connectivity index (χ1v) is 7.40. The number of rotatable bonds is 0. The molecule has 23 heavy (non-hydrogen) atoms. The maximum Gasteiger partial charge on any atom is 0.129 e. The Bertz CT molecular complexity index is 982. The molecule has 2 aromatic carbocycles. The first-order chi connectivity index (χ1) is 11.4. The third kappa shape index (κ3) is 1.69. The van der Waals surface area contributed by atoms with Crippen LogP contribution in [0.2, 0.25) is 0 Å². The highest BCUT2D eigenvalue weighted by Crippen LogP contribution is 2.42. The molecular formula is C17H12N6.